The number of amides is 2. The van der Waals surface area contributed by atoms with Gasteiger partial charge in [-0.1, -0.05) is 23.7 Å². The van der Waals surface area contributed by atoms with Crippen LogP contribution in [0.2, 0.25) is 5.02 Å². The van der Waals surface area contributed by atoms with Gasteiger partial charge in [0.2, 0.25) is 11.3 Å². The van der Waals surface area contributed by atoms with E-state index >= 15 is 0 Å². The van der Waals surface area contributed by atoms with Crippen molar-refractivity contribution >= 4 is 34.4 Å². The van der Waals surface area contributed by atoms with E-state index in [0.717, 1.165) is 5.56 Å². The fraction of sp³-hybridized carbons (Fsp3) is 0.227. The molecule has 0 unspecified atom stereocenters. The summed E-state index contributed by atoms with van der Waals surface area (Å²) in [7, 11) is 0. The Morgan fingerprint density at radius 1 is 1.20 bits per heavy atom. The average Bonchev–Trinajstić information content (AvgIpc) is 2.73. The molecule has 2 amide bonds. The highest BCUT2D eigenvalue weighted by molar-refractivity contribution is 6.30. The molecule has 1 fully saturated rings. The van der Waals surface area contributed by atoms with Gasteiger partial charge in [0.05, 0.1) is 17.5 Å². The van der Waals surface area contributed by atoms with E-state index in [2.05, 4.69) is 5.32 Å². The van der Waals surface area contributed by atoms with Crippen molar-refractivity contribution in [2.24, 2.45) is 0 Å². The van der Waals surface area contributed by atoms with Crippen LogP contribution in [0.15, 0.2) is 51.7 Å². The summed E-state index contributed by atoms with van der Waals surface area (Å²) >= 11 is 5.94. The van der Waals surface area contributed by atoms with Gasteiger partial charge in [0.25, 0.3) is 5.91 Å². The van der Waals surface area contributed by atoms with Crippen LogP contribution in [0.25, 0.3) is 22.1 Å². The summed E-state index contributed by atoms with van der Waals surface area (Å²) in [4.78, 5) is 38.1. The Hall–Kier alpha value is -3.32. The quantitative estimate of drug-likeness (QED) is 0.693. The molecule has 0 radical (unpaired) electrons. The zero-order valence-corrected chi connectivity index (χ0v) is 17.0. The minimum absolute atomic E-state index is 0.0292. The molecule has 8 heteroatoms. The van der Waals surface area contributed by atoms with Gasteiger partial charge in [0.15, 0.2) is 6.61 Å². The molecule has 1 saturated heterocycles. The van der Waals surface area contributed by atoms with Crippen LogP contribution in [0.4, 0.5) is 0 Å². The minimum Gasteiger partial charge on any atom is -0.484 e. The Morgan fingerprint density at radius 3 is 2.70 bits per heavy atom. The summed E-state index contributed by atoms with van der Waals surface area (Å²) in [6, 6.07) is 11.8. The number of hydrogen-bond acceptors (Lipinski definition) is 5. The van der Waals surface area contributed by atoms with Crippen LogP contribution in [0.5, 0.6) is 5.75 Å². The lowest BCUT2D eigenvalue weighted by molar-refractivity contribution is -0.139. The number of ether oxygens (including phenoxy) is 1. The molecule has 1 aliphatic rings. The van der Waals surface area contributed by atoms with E-state index in [1.165, 1.54) is 4.90 Å². The molecule has 2 aromatic carbocycles. The second-order valence-corrected chi connectivity index (χ2v) is 7.42. The van der Waals surface area contributed by atoms with E-state index in [1.54, 1.807) is 49.4 Å². The molecule has 0 bridgehead atoms. The van der Waals surface area contributed by atoms with Crippen molar-refractivity contribution in [3.05, 3.63) is 63.5 Å². The van der Waals surface area contributed by atoms with Crippen molar-refractivity contribution < 1.29 is 18.7 Å². The predicted octanol–water partition coefficient (Wildman–Crippen LogP) is 2.76. The summed E-state index contributed by atoms with van der Waals surface area (Å²) < 4.78 is 11.4. The highest BCUT2D eigenvalue weighted by Crippen LogP contribution is 2.27. The second-order valence-electron chi connectivity index (χ2n) is 6.98. The maximum Gasteiger partial charge on any atom is 0.261 e. The monoisotopic (exact) mass is 426 g/mol. The van der Waals surface area contributed by atoms with Crippen LogP contribution >= 0.6 is 11.6 Å². The standard InChI is InChI=1S/C22H19ClN2O5/c1-13-21(14-2-4-15(23)5-3-14)22(28)17-7-6-16(10-18(17)30-13)29-12-20(27)25-9-8-24-19(26)11-25/h2-7,10H,8-9,11-12H2,1H3,(H,24,26). The van der Waals surface area contributed by atoms with Crippen molar-refractivity contribution in [2.45, 2.75) is 6.92 Å². The third-order valence-electron chi connectivity index (χ3n) is 4.93. The third kappa shape index (κ3) is 4.02. The second kappa shape index (κ2) is 8.20. The zero-order chi connectivity index (χ0) is 21.3. The minimum atomic E-state index is -0.277. The van der Waals surface area contributed by atoms with Gasteiger partial charge in [0.1, 0.15) is 17.1 Å². The van der Waals surface area contributed by atoms with E-state index < -0.39 is 0 Å². The van der Waals surface area contributed by atoms with Crippen molar-refractivity contribution in [1.82, 2.24) is 10.2 Å². The Morgan fingerprint density at radius 2 is 1.97 bits per heavy atom. The van der Waals surface area contributed by atoms with Gasteiger partial charge in [-0.3, -0.25) is 14.4 Å². The fourth-order valence-electron chi connectivity index (χ4n) is 3.41. The molecular weight excluding hydrogens is 408 g/mol. The first-order chi connectivity index (χ1) is 14.4. The molecule has 0 aliphatic carbocycles. The lowest BCUT2D eigenvalue weighted by Crippen LogP contribution is -2.51. The number of carbonyl (C=O) groups is 2. The summed E-state index contributed by atoms with van der Waals surface area (Å²) in [6.07, 6.45) is 0. The number of aryl methyl sites for hydroxylation is 1. The molecule has 154 valence electrons. The number of carbonyl (C=O) groups excluding carboxylic acids is 2. The Labute approximate surface area is 177 Å². The van der Waals surface area contributed by atoms with Crippen LogP contribution in [0.3, 0.4) is 0 Å². The number of rotatable bonds is 4. The Bertz CT molecular complexity index is 1190. The van der Waals surface area contributed by atoms with Gasteiger partial charge in [-0.25, -0.2) is 0 Å². The maximum atomic E-state index is 13.0. The number of fused-ring (bicyclic) bond motifs is 1. The number of nitrogens with one attached hydrogen (secondary N) is 1. The number of halogens is 1. The highest BCUT2D eigenvalue weighted by Gasteiger charge is 2.21. The first kappa shape index (κ1) is 20.0. The van der Waals surface area contributed by atoms with Crippen LogP contribution in [-0.2, 0) is 9.59 Å². The third-order valence-corrected chi connectivity index (χ3v) is 5.18. The molecule has 30 heavy (non-hydrogen) atoms. The number of hydrogen-bond donors (Lipinski definition) is 1. The number of nitrogens with zero attached hydrogens (tertiary/aromatic N) is 1. The molecule has 0 saturated carbocycles. The van der Waals surface area contributed by atoms with Crippen LogP contribution < -0.4 is 15.5 Å². The molecule has 1 aliphatic heterocycles. The van der Waals surface area contributed by atoms with Crippen molar-refractivity contribution in [3.8, 4) is 16.9 Å². The van der Waals surface area contributed by atoms with Crippen molar-refractivity contribution in [3.63, 3.8) is 0 Å². The van der Waals surface area contributed by atoms with Gasteiger partial charge in [-0.05, 0) is 36.8 Å². The fourth-order valence-corrected chi connectivity index (χ4v) is 3.54. The van der Waals surface area contributed by atoms with Crippen molar-refractivity contribution in [1.29, 1.82) is 0 Å². The number of piperazine rings is 1. The molecule has 2 heterocycles. The van der Waals surface area contributed by atoms with E-state index in [0.29, 0.717) is 46.2 Å². The van der Waals surface area contributed by atoms with E-state index in [9.17, 15) is 14.4 Å². The normalized spacial score (nSPS) is 13.9. The average molecular weight is 427 g/mol. The predicted molar refractivity (Wildman–Crippen MR) is 113 cm³/mol. The Kier molecular flexibility index (Phi) is 5.46. The van der Waals surface area contributed by atoms with E-state index in [-0.39, 0.29) is 30.4 Å². The molecule has 3 aromatic rings. The largest absolute Gasteiger partial charge is 0.484 e. The SMILES string of the molecule is Cc1oc2cc(OCC(=O)N3CCNC(=O)C3)ccc2c(=O)c1-c1ccc(Cl)cc1. The van der Waals surface area contributed by atoms with Gasteiger partial charge in [-0.15, -0.1) is 0 Å². The van der Waals surface area contributed by atoms with Gasteiger partial charge in [0, 0.05) is 24.2 Å². The summed E-state index contributed by atoms with van der Waals surface area (Å²) in [6.45, 7) is 2.43. The van der Waals surface area contributed by atoms with Crippen molar-refractivity contribution in [2.75, 3.05) is 26.2 Å². The zero-order valence-electron chi connectivity index (χ0n) is 16.2. The Balaban J connectivity index is 1.57. The lowest BCUT2D eigenvalue weighted by atomic mass is 10.0. The van der Waals surface area contributed by atoms with Crippen LogP contribution in [-0.4, -0.2) is 43.0 Å². The van der Waals surface area contributed by atoms with E-state index in [4.69, 9.17) is 20.8 Å². The van der Waals surface area contributed by atoms with Crippen LogP contribution in [0, 0.1) is 6.92 Å². The maximum absolute atomic E-state index is 13.0. The summed E-state index contributed by atoms with van der Waals surface area (Å²) in [5, 5.41) is 3.67. The van der Waals surface area contributed by atoms with E-state index in [1.807, 2.05) is 0 Å². The summed E-state index contributed by atoms with van der Waals surface area (Å²) in [5.74, 6) is 0.413. The molecular formula is C22H19ClN2O5. The van der Waals surface area contributed by atoms with Crippen LogP contribution in [0.1, 0.15) is 5.76 Å². The van der Waals surface area contributed by atoms with Gasteiger partial charge < -0.3 is 19.4 Å². The molecule has 7 nitrogen and oxygen atoms in total. The molecule has 1 aromatic heterocycles. The highest BCUT2D eigenvalue weighted by atomic mass is 35.5. The first-order valence-electron chi connectivity index (χ1n) is 9.43. The van der Waals surface area contributed by atoms with Gasteiger partial charge in [-0.2, -0.15) is 0 Å². The first-order valence-corrected chi connectivity index (χ1v) is 9.81. The smallest absolute Gasteiger partial charge is 0.261 e. The topological polar surface area (TPSA) is 88.8 Å². The summed E-state index contributed by atoms with van der Waals surface area (Å²) in [5.41, 5.74) is 1.42. The molecule has 0 spiro atoms. The molecule has 0 atom stereocenters. The molecule has 4 rings (SSSR count). The van der Waals surface area contributed by atoms with Gasteiger partial charge >= 0.3 is 0 Å². The lowest BCUT2D eigenvalue weighted by Gasteiger charge is -2.26. The molecule has 1 N–H and O–H groups in total. The number of benzene rings is 2.